The van der Waals surface area contributed by atoms with Gasteiger partial charge < -0.3 is 14.6 Å². The molecule has 2 unspecified atom stereocenters. The monoisotopic (exact) mass is 468 g/mol. The number of carbonyl (C=O) groups is 2. The van der Waals surface area contributed by atoms with Crippen LogP contribution in [0.5, 0.6) is 5.75 Å². The third-order valence-electron chi connectivity index (χ3n) is 7.10. The molecule has 0 fully saturated rings. The lowest BCUT2D eigenvalue weighted by Gasteiger charge is -2.41. The number of rotatable bonds is 11. The first-order valence-corrected chi connectivity index (χ1v) is 12.1. The molecule has 1 aliphatic rings. The van der Waals surface area contributed by atoms with Gasteiger partial charge in [0, 0.05) is 18.1 Å². The topological polar surface area (TPSA) is 72.8 Å². The maximum atomic E-state index is 13.1. The van der Waals surface area contributed by atoms with Crippen molar-refractivity contribution in [2.24, 2.45) is 5.41 Å². The number of ketones is 1. The van der Waals surface area contributed by atoms with Crippen LogP contribution in [-0.2, 0) is 9.53 Å². The van der Waals surface area contributed by atoms with E-state index in [0.717, 1.165) is 35.3 Å². The van der Waals surface area contributed by atoms with E-state index < -0.39 is 17.5 Å². The van der Waals surface area contributed by atoms with Crippen LogP contribution in [0.15, 0.2) is 46.6 Å². The molecule has 5 heteroatoms. The molecular formula is C29H40O5. The number of benzene rings is 1. The average Bonchev–Trinajstić information content (AvgIpc) is 2.77. The summed E-state index contributed by atoms with van der Waals surface area (Å²) < 4.78 is 11.7. The summed E-state index contributed by atoms with van der Waals surface area (Å²) in [6.07, 6.45) is 7.56. The van der Waals surface area contributed by atoms with E-state index in [1.165, 1.54) is 12.8 Å². The van der Waals surface area contributed by atoms with E-state index in [1.807, 2.05) is 52.8 Å². The molecule has 1 aromatic rings. The van der Waals surface area contributed by atoms with Gasteiger partial charge in [-0.2, -0.15) is 0 Å². The number of allylic oxidation sites excluding steroid dienone is 1. The largest absolute Gasteiger partial charge is 0.493 e. The maximum absolute atomic E-state index is 13.1. The molecule has 0 radical (unpaired) electrons. The molecule has 1 N–H and O–H groups in total. The van der Waals surface area contributed by atoms with Crippen molar-refractivity contribution in [1.29, 1.82) is 0 Å². The number of hydrogen-bond acceptors (Lipinski definition) is 4. The van der Waals surface area contributed by atoms with E-state index in [9.17, 15) is 14.7 Å². The first-order chi connectivity index (χ1) is 16.0. The molecule has 5 nitrogen and oxygen atoms in total. The van der Waals surface area contributed by atoms with Gasteiger partial charge >= 0.3 is 5.97 Å². The van der Waals surface area contributed by atoms with Crippen LogP contribution in [0.2, 0.25) is 0 Å². The van der Waals surface area contributed by atoms with Crippen molar-refractivity contribution in [2.45, 2.75) is 80.3 Å². The first-order valence-electron chi connectivity index (χ1n) is 12.1. The number of methoxy groups -OCH3 is 1. The molecule has 0 spiro atoms. The Morgan fingerprint density at radius 2 is 1.68 bits per heavy atom. The van der Waals surface area contributed by atoms with E-state index >= 15 is 0 Å². The number of carbonyl (C=O) groups excluding carboxylic acids is 1. The van der Waals surface area contributed by atoms with E-state index in [2.05, 4.69) is 6.92 Å². The van der Waals surface area contributed by atoms with Gasteiger partial charge in [0.15, 0.2) is 5.78 Å². The second kappa shape index (κ2) is 11.7. The minimum Gasteiger partial charge on any atom is -0.493 e. The van der Waals surface area contributed by atoms with Crippen molar-refractivity contribution in [3.63, 3.8) is 0 Å². The Bertz CT molecular complexity index is 1000. The van der Waals surface area contributed by atoms with E-state index in [1.54, 1.807) is 20.1 Å². The Balaban J connectivity index is 2.28. The Labute approximate surface area is 204 Å². The quantitative estimate of drug-likeness (QED) is 0.220. The summed E-state index contributed by atoms with van der Waals surface area (Å²) in [5.74, 6) is -0.211. The molecule has 1 aliphatic carbocycles. The fraction of sp³-hybridized carbons (Fsp3) is 0.517. The summed E-state index contributed by atoms with van der Waals surface area (Å²) in [4.78, 5) is 24.9. The molecule has 186 valence electrons. The molecule has 34 heavy (non-hydrogen) atoms. The minimum absolute atomic E-state index is 0.104. The smallest absolute Gasteiger partial charge is 0.335 e. The molecule has 0 aliphatic heterocycles. The van der Waals surface area contributed by atoms with Crippen molar-refractivity contribution in [1.82, 2.24) is 0 Å². The number of unbranched alkanes of at least 4 members (excludes halogenated alkanes) is 3. The average molecular weight is 469 g/mol. The van der Waals surface area contributed by atoms with Crippen LogP contribution >= 0.6 is 0 Å². The molecule has 2 rings (SSSR count). The number of ether oxygens (including phenoxy) is 2. The Kier molecular flexibility index (Phi) is 9.45. The van der Waals surface area contributed by atoms with E-state index in [4.69, 9.17) is 9.47 Å². The first kappa shape index (κ1) is 27.6. The van der Waals surface area contributed by atoms with Crippen molar-refractivity contribution < 1.29 is 24.2 Å². The highest BCUT2D eigenvalue weighted by Gasteiger charge is 2.42. The molecule has 0 amide bonds. The van der Waals surface area contributed by atoms with Gasteiger partial charge in [0.2, 0.25) is 0 Å². The molecule has 0 saturated heterocycles. The molecule has 0 bridgehead atoms. The number of aliphatic carboxylic acids is 1. The Morgan fingerprint density at radius 3 is 2.21 bits per heavy atom. The highest BCUT2D eigenvalue weighted by atomic mass is 16.5. The summed E-state index contributed by atoms with van der Waals surface area (Å²) >= 11 is 0. The van der Waals surface area contributed by atoms with Gasteiger partial charge in [0.1, 0.15) is 5.75 Å². The molecule has 0 aromatic heterocycles. The second-order valence-electron chi connectivity index (χ2n) is 9.56. The fourth-order valence-corrected chi connectivity index (χ4v) is 5.00. The predicted octanol–water partition coefficient (Wildman–Crippen LogP) is 6.77. The third-order valence-corrected chi connectivity index (χ3v) is 7.10. The predicted molar refractivity (Wildman–Crippen MR) is 137 cm³/mol. The van der Waals surface area contributed by atoms with E-state index in [0.29, 0.717) is 23.3 Å². The zero-order valence-electron chi connectivity index (χ0n) is 22.0. The van der Waals surface area contributed by atoms with Crippen LogP contribution < -0.4 is 4.74 Å². The normalized spacial score (nSPS) is 20.9. The summed E-state index contributed by atoms with van der Waals surface area (Å²) in [5.41, 5.74) is 4.40. The van der Waals surface area contributed by atoms with Crippen molar-refractivity contribution in [3.05, 3.63) is 63.3 Å². The number of hydrogen-bond donors (Lipinski definition) is 1. The lowest BCUT2D eigenvalue weighted by atomic mass is 9.67. The highest BCUT2D eigenvalue weighted by Crippen LogP contribution is 2.45. The maximum Gasteiger partial charge on any atom is 0.335 e. The summed E-state index contributed by atoms with van der Waals surface area (Å²) in [5, 5.41) is 9.68. The van der Waals surface area contributed by atoms with Crippen LogP contribution in [0.25, 0.3) is 0 Å². The van der Waals surface area contributed by atoms with Gasteiger partial charge in [-0.05, 0) is 88.4 Å². The van der Waals surface area contributed by atoms with Crippen molar-refractivity contribution in [2.75, 3.05) is 13.7 Å². The van der Waals surface area contributed by atoms with Gasteiger partial charge in [-0.25, -0.2) is 4.79 Å². The van der Waals surface area contributed by atoms with Gasteiger partial charge in [-0.1, -0.05) is 37.8 Å². The van der Waals surface area contributed by atoms with Crippen LogP contribution in [0, 0.1) is 19.3 Å². The van der Waals surface area contributed by atoms with E-state index in [-0.39, 0.29) is 11.4 Å². The molecular weight excluding hydrogens is 428 g/mol. The van der Waals surface area contributed by atoms with Crippen molar-refractivity contribution >= 4 is 11.8 Å². The Morgan fingerprint density at radius 1 is 1.06 bits per heavy atom. The van der Waals surface area contributed by atoms with Gasteiger partial charge in [-0.3, -0.25) is 4.79 Å². The van der Waals surface area contributed by atoms with Gasteiger partial charge in [-0.15, -0.1) is 0 Å². The summed E-state index contributed by atoms with van der Waals surface area (Å²) in [7, 11) is 1.57. The third kappa shape index (κ3) is 5.69. The lowest BCUT2D eigenvalue weighted by Crippen LogP contribution is -2.39. The summed E-state index contributed by atoms with van der Waals surface area (Å²) in [6.45, 7) is 14.3. The molecule has 0 saturated carbocycles. The number of carboxylic acid groups (broad SMARTS) is 1. The van der Waals surface area contributed by atoms with Crippen LogP contribution in [0.1, 0.15) is 81.8 Å². The Hall–Kier alpha value is -2.66. The van der Waals surface area contributed by atoms with Gasteiger partial charge in [0.05, 0.1) is 18.3 Å². The van der Waals surface area contributed by atoms with Crippen LogP contribution in [-0.4, -0.2) is 36.7 Å². The zero-order valence-corrected chi connectivity index (χ0v) is 22.0. The van der Waals surface area contributed by atoms with Crippen LogP contribution in [0.4, 0.5) is 0 Å². The SMILES string of the molecule is CCCCCCOc1c(C)cc(C(=O)C=CC2(C)C(C)=C(C)C(C(=O)O)=C(C)C2OC)cc1C. The summed E-state index contributed by atoms with van der Waals surface area (Å²) in [6, 6.07) is 3.75. The molecule has 1 aromatic carbocycles. The number of carboxylic acids is 1. The van der Waals surface area contributed by atoms with Crippen LogP contribution in [0.3, 0.4) is 0 Å². The zero-order chi connectivity index (χ0) is 25.6. The fourth-order valence-electron chi connectivity index (χ4n) is 5.00. The molecule has 2 atom stereocenters. The molecule has 0 heterocycles. The standard InChI is InChI=1S/C29H40O5/c1-9-10-11-12-15-34-26-18(2)16-23(17-19(26)3)24(30)13-14-29(7)22(6)20(4)25(28(31)32)21(5)27(29)33-8/h13-14,16-17,27H,9-12,15H2,1-8H3,(H,31,32). The van der Waals surface area contributed by atoms with Crippen molar-refractivity contribution in [3.8, 4) is 5.75 Å². The second-order valence-corrected chi connectivity index (χ2v) is 9.56. The highest BCUT2D eigenvalue weighted by molar-refractivity contribution is 6.05. The lowest BCUT2D eigenvalue weighted by molar-refractivity contribution is -0.132. The minimum atomic E-state index is -0.961. The number of aryl methyl sites for hydroxylation is 2. The van der Waals surface area contributed by atoms with Gasteiger partial charge in [0.25, 0.3) is 0 Å².